The van der Waals surface area contributed by atoms with Crippen molar-refractivity contribution in [3.8, 4) is 0 Å². The molecule has 1 aliphatic carbocycles. The van der Waals surface area contributed by atoms with Crippen LogP contribution in [0.15, 0.2) is 22.7 Å². The van der Waals surface area contributed by atoms with Gasteiger partial charge in [-0.1, -0.05) is 24.4 Å². The molecule has 2 rings (SSSR count). The maximum atomic E-state index is 11.8. The smallest absolute Gasteiger partial charge is 0.270 e. The van der Waals surface area contributed by atoms with Crippen molar-refractivity contribution in [1.82, 2.24) is 5.48 Å². The van der Waals surface area contributed by atoms with Crippen LogP contribution >= 0.6 is 27.5 Å². The monoisotopic (exact) mass is 317 g/mol. The lowest BCUT2D eigenvalue weighted by molar-refractivity contribution is -0.0124. The maximum Gasteiger partial charge on any atom is 0.274 e. The molecule has 1 N–H and O–H groups in total. The first-order valence-corrected chi connectivity index (χ1v) is 6.75. The van der Waals surface area contributed by atoms with Gasteiger partial charge in [-0.05, 0) is 47.0 Å². The van der Waals surface area contributed by atoms with Gasteiger partial charge in [-0.25, -0.2) is 5.48 Å². The Labute approximate surface area is 114 Å². The minimum Gasteiger partial charge on any atom is -0.270 e. The van der Waals surface area contributed by atoms with Crippen molar-refractivity contribution < 1.29 is 9.63 Å². The van der Waals surface area contributed by atoms with Crippen LogP contribution in [0.5, 0.6) is 0 Å². The Kier molecular flexibility index (Phi) is 4.42. The number of hydroxylamine groups is 1. The fraction of sp³-hybridized carbons (Fsp3) is 0.417. The van der Waals surface area contributed by atoms with E-state index in [4.69, 9.17) is 16.4 Å². The molecule has 0 saturated heterocycles. The van der Waals surface area contributed by atoms with E-state index in [-0.39, 0.29) is 12.0 Å². The van der Waals surface area contributed by atoms with E-state index in [1.54, 1.807) is 18.2 Å². The lowest BCUT2D eigenvalue weighted by Gasteiger charge is -2.11. The highest BCUT2D eigenvalue weighted by Crippen LogP contribution is 2.23. The fourth-order valence-corrected chi connectivity index (χ4v) is 2.34. The number of carbonyl (C=O) groups excluding carboxylic acids is 1. The molecule has 0 radical (unpaired) electrons. The number of amides is 1. The normalized spacial score (nSPS) is 16.1. The standard InChI is InChI=1S/C12H13BrClNO2/c13-10-7-8(5-6-11(10)14)12(16)15-17-9-3-1-2-4-9/h5-7,9H,1-4H2,(H,15,16). The molecule has 1 aromatic rings. The summed E-state index contributed by atoms with van der Waals surface area (Å²) in [5, 5.41) is 0.582. The van der Waals surface area contributed by atoms with Gasteiger partial charge in [0.15, 0.2) is 0 Å². The molecular weight excluding hydrogens is 305 g/mol. The molecule has 1 saturated carbocycles. The largest absolute Gasteiger partial charge is 0.274 e. The van der Waals surface area contributed by atoms with Crippen LogP contribution in [-0.2, 0) is 4.84 Å². The molecule has 17 heavy (non-hydrogen) atoms. The molecule has 0 aliphatic heterocycles. The first-order chi connectivity index (χ1) is 8.16. The number of carbonyl (C=O) groups is 1. The highest BCUT2D eigenvalue weighted by Gasteiger charge is 2.17. The zero-order valence-electron chi connectivity index (χ0n) is 9.21. The molecule has 0 bridgehead atoms. The first-order valence-electron chi connectivity index (χ1n) is 5.58. The summed E-state index contributed by atoms with van der Waals surface area (Å²) < 4.78 is 0.702. The van der Waals surface area contributed by atoms with Crippen molar-refractivity contribution in [2.24, 2.45) is 0 Å². The summed E-state index contributed by atoms with van der Waals surface area (Å²) in [5.41, 5.74) is 3.01. The fourth-order valence-electron chi connectivity index (χ4n) is 1.84. The van der Waals surface area contributed by atoms with Gasteiger partial charge in [0, 0.05) is 10.0 Å². The molecule has 3 nitrogen and oxygen atoms in total. The molecule has 1 aliphatic rings. The van der Waals surface area contributed by atoms with Gasteiger partial charge in [0.2, 0.25) is 0 Å². The molecule has 92 valence electrons. The van der Waals surface area contributed by atoms with Crippen LogP contribution in [0.2, 0.25) is 5.02 Å². The molecular formula is C12H13BrClNO2. The number of nitrogens with one attached hydrogen (secondary N) is 1. The molecule has 0 spiro atoms. The Bertz CT molecular complexity index is 419. The number of benzene rings is 1. The van der Waals surface area contributed by atoms with E-state index >= 15 is 0 Å². The lowest BCUT2D eigenvalue weighted by Crippen LogP contribution is -2.28. The molecule has 0 heterocycles. The maximum absolute atomic E-state index is 11.8. The quantitative estimate of drug-likeness (QED) is 0.863. The number of hydrogen-bond donors (Lipinski definition) is 1. The van der Waals surface area contributed by atoms with Gasteiger partial charge >= 0.3 is 0 Å². The van der Waals surface area contributed by atoms with Crippen molar-refractivity contribution >= 4 is 33.4 Å². The topological polar surface area (TPSA) is 38.3 Å². The van der Waals surface area contributed by atoms with E-state index in [0.717, 1.165) is 12.8 Å². The van der Waals surface area contributed by atoms with Gasteiger partial charge in [-0.2, -0.15) is 0 Å². The number of hydrogen-bond acceptors (Lipinski definition) is 2. The van der Waals surface area contributed by atoms with Crippen LogP contribution in [-0.4, -0.2) is 12.0 Å². The van der Waals surface area contributed by atoms with Crippen molar-refractivity contribution in [3.63, 3.8) is 0 Å². The lowest BCUT2D eigenvalue weighted by atomic mass is 10.2. The Balaban J connectivity index is 1.92. The van der Waals surface area contributed by atoms with Crippen LogP contribution in [0.4, 0.5) is 0 Å². The third-order valence-corrected chi connectivity index (χ3v) is 4.02. The summed E-state index contributed by atoms with van der Waals surface area (Å²) in [6.45, 7) is 0. The third kappa shape index (κ3) is 3.44. The van der Waals surface area contributed by atoms with E-state index in [1.165, 1.54) is 12.8 Å². The number of rotatable bonds is 3. The second kappa shape index (κ2) is 5.85. The molecule has 0 aromatic heterocycles. The molecule has 5 heteroatoms. The van der Waals surface area contributed by atoms with Gasteiger partial charge in [0.1, 0.15) is 0 Å². The van der Waals surface area contributed by atoms with Crippen molar-refractivity contribution in [2.75, 3.05) is 0 Å². The van der Waals surface area contributed by atoms with Crippen LogP contribution < -0.4 is 5.48 Å². The van der Waals surface area contributed by atoms with E-state index in [2.05, 4.69) is 21.4 Å². The molecule has 1 aromatic carbocycles. The van der Waals surface area contributed by atoms with Crippen LogP contribution in [0.25, 0.3) is 0 Å². The van der Waals surface area contributed by atoms with Gasteiger partial charge in [0.25, 0.3) is 5.91 Å². The average Bonchev–Trinajstić information content (AvgIpc) is 2.82. The van der Waals surface area contributed by atoms with Crippen LogP contribution in [0.1, 0.15) is 36.0 Å². The predicted molar refractivity (Wildman–Crippen MR) is 70.0 cm³/mol. The highest BCUT2D eigenvalue weighted by molar-refractivity contribution is 9.10. The zero-order valence-corrected chi connectivity index (χ0v) is 11.6. The Morgan fingerprint density at radius 3 is 2.76 bits per heavy atom. The SMILES string of the molecule is O=C(NOC1CCCC1)c1ccc(Cl)c(Br)c1. The van der Waals surface area contributed by atoms with Crippen LogP contribution in [0.3, 0.4) is 0 Å². The van der Waals surface area contributed by atoms with Crippen molar-refractivity contribution in [3.05, 3.63) is 33.3 Å². The van der Waals surface area contributed by atoms with E-state index < -0.39 is 0 Å². The summed E-state index contributed by atoms with van der Waals surface area (Å²) >= 11 is 9.14. The molecule has 1 fully saturated rings. The summed E-state index contributed by atoms with van der Waals surface area (Å²) in [7, 11) is 0. The second-order valence-electron chi connectivity index (χ2n) is 4.08. The minimum absolute atomic E-state index is 0.162. The summed E-state index contributed by atoms with van der Waals surface area (Å²) in [6.07, 6.45) is 4.55. The minimum atomic E-state index is -0.241. The molecule has 0 unspecified atom stereocenters. The van der Waals surface area contributed by atoms with Gasteiger partial charge in [0.05, 0.1) is 11.1 Å². The summed E-state index contributed by atoms with van der Waals surface area (Å²) in [4.78, 5) is 17.1. The molecule has 1 amide bonds. The highest BCUT2D eigenvalue weighted by atomic mass is 79.9. The average molecular weight is 319 g/mol. The van der Waals surface area contributed by atoms with Crippen LogP contribution in [0, 0.1) is 0 Å². The first kappa shape index (κ1) is 12.9. The Morgan fingerprint density at radius 1 is 1.41 bits per heavy atom. The van der Waals surface area contributed by atoms with Gasteiger partial charge in [-0.15, -0.1) is 0 Å². The zero-order chi connectivity index (χ0) is 12.3. The van der Waals surface area contributed by atoms with E-state index in [1.807, 2.05) is 0 Å². The predicted octanol–water partition coefficient (Wildman–Crippen LogP) is 3.71. The summed E-state index contributed by atoms with van der Waals surface area (Å²) in [6, 6.07) is 5.02. The number of halogens is 2. The Hall–Kier alpha value is -0.580. The van der Waals surface area contributed by atoms with Gasteiger partial charge < -0.3 is 0 Å². The third-order valence-electron chi connectivity index (χ3n) is 2.80. The molecule has 0 atom stereocenters. The van der Waals surface area contributed by atoms with E-state index in [0.29, 0.717) is 15.1 Å². The van der Waals surface area contributed by atoms with Crippen molar-refractivity contribution in [2.45, 2.75) is 31.8 Å². The Morgan fingerprint density at radius 2 is 2.12 bits per heavy atom. The van der Waals surface area contributed by atoms with Gasteiger partial charge in [-0.3, -0.25) is 9.63 Å². The van der Waals surface area contributed by atoms with E-state index in [9.17, 15) is 4.79 Å². The van der Waals surface area contributed by atoms with Crippen molar-refractivity contribution in [1.29, 1.82) is 0 Å². The second-order valence-corrected chi connectivity index (χ2v) is 5.35. The summed E-state index contributed by atoms with van der Waals surface area (Å²) in [5.74, 6) is -0.241.